The van der Waals surface area contributed by atoms with Crippen LogP contribution >= 0.6 is 0 Å². The van der Waals surface area contributed by atoms with Crippen LogP contribution in [0.4, 0.5) is 18.9 Å². The van der Waals surface area contributed by atoms with E-state index in [2.05, 4.69) is 17.0 Å². The lowest BCUT2D eigenvalue weighted by Gasteiger charge is -2.13. The van der Waals surface area contributed by atoms with Gasteiger partial charge in [0.25, 0.3) is 0 Å². The van der Waals surface area contributed by atoms with Crippen molar-refractivity contribution >= 4 is 21.4 Å². The van der Waals surface area contributed by atoms with Crippen LogP contribution in [-0.4, -0.2) is 26.2 Å². The van der Waals surface area contributed by atoms with Gasteiger partial charge in [0, 0.05) is 12.0 Å². The summed E-state index contributed by atoms with van der Waals surface area (Å²) < 4.78 is 61.3. The summed E-state index contributed by atoms with van der Waals surface area (Å²) in [6.45, 7) is 3.38. The first-order chi connectivity index (χ1) is 10.7. The van der Waals surface area contributed by atoms with E-state index in [9.17, 15) is 21.6 Å². The smallest absolute Gasteiger partial charge is 0.382 e. The lowest BCUT2D eigenvalue weighted by molar-refractivity contribution is -0.0429. The van der Waals surface area contributed by atoms with E-state index < -0.39 is 15.5 Å². The van der Waals surface area contributed by atoms with Crippen LogP contribution < -0.4 is 4.72 Å². The number of anilines is 1. The third-order valence-electron chi connectivity index (χ3n) is 2.51. The van der Waals surface area contributed by atoms with Crippen LogP contribution in [-0.2, 0) is 14.9 Å². The van der Waals surface area contributed by atoms with E-state index in [0.29, 0.717) is 6.42 Å². The number of rotatable bonds is 5. The van der Waals surface area contributed by atoms with Crippen LogP contribution in [0.2, 0.25) is 0 Å². The Morgan fingerprint density at radius 1 is 1.30 bits per heavy atom. The van der Waals surface area contributed by atoms with E-state index in [1.54, 1.807) is 0 Å². The summed E-state index contributed by atoms with van der Waals surface area (Å²) in [6, 6.07) is 5.57. The van der Waals surface area contributed by atoms with Gasteiger partial charge in [-0.25, -0.2) is 0 Å². The maximum Gasteiger partial charge on any atom is 0.516 e. The highest BCUT2D eigenvalue weighted by atomic mass is 32.2. The molecule has 0 atom stereocenters. The van der Waals surface area contributed by atoms with E-state index in [1.165, 1.54) is 35.9 Å². The second-order valence-electron chi connectivity index (χ2n) is 4.25. The Morgan fingerprint density at radius 3 is 2.57 bits per heavy atom. The number of benzene rings is 1. The first kappa shape index (κ1) is 18.8. The second-order valence-corrected chi connectivity index (χ2v) is 5.93. The maximum atomic E-state index is 12.5. The molecule has 0 aromatic heterocycles. The van der Waals surface area contributed by atoms with Gasteiger partial charge >= 0.3 is 15.5 Å². The van der Waals surface area contributed by atoms with E-state index in [0.717, 1.165) is 0 Å². The van der Waals surface area contributed by atoms with Gasteiger partial charge in [-0.15, -0.1) is 0 Å². The molecule has 0 aliphatic heterocycles. The zero-order valence-corrected chi connectivity index (χ0v) is 13.3. The summed E-state index contributed by atoms with van der Waals surface area (Å²) in [6.07, 6.45) is 0.661. The standard InChI is InChI=1S/C14H15F3N2O3S/c1-3-4-7-10-22-18-11(2)12-8-5-6-9-13(12)19-23(20,21)14(15,16)17/h5-6,8-9,19H,3,10H2,1-2H3/b18-11+. The first-order valence-electron chi connectivity index (χ1n) is 6.49. The number of sulfonamides is 1. The maximum absolute atomic E-state index is 12.5. The van der Waals surface area contributed by atoms with E-state index in [-0.39, 0.29) is 23.6 Å². The lowest BCUT2D eigenvalue weighted by Crippen LogP contribution is -2.30. The van der Waals surface area contributed by atoms with Crippen molar-refractivity contribution in [2.24, 2.45) is 5.16 Å². The van der Waals surface area contributed by atoms with Crippen LogP contribution in [0.25, 0.3) is 0 Å². The third-order valence-corrected chi connectivity index (χ3v) is 3.60. The molecular weight excluding hydrogens is 333 g/mol. The summed E-state index contributed by atoms with van der Waals surface area (Å²) in [5.74, 6) is 5.43. The minimum absolute atomic E-state index is 0.0294. The van der Waals surface area contributed by atoms with Crippen molar-refractivity contribution in [1.29, 1.82) is 0 Å². The van der Waals surface area contributed by atoms with E-state index >= 15 is 0 Å². The van der Waals surface area contributed by atoms with Crippen LogP contribution in [0.5, 0.6) is 0 Å². The zero-order chi connectivity index (χ0) is 17.5. The van der Waals surface area contributed by atoms with Crippen molar-refractivity contribution in [3.63, 3.8) is 0 Å². The molecule has 0 heterocycles. The average molecular weight is 348 g/mol. The Hall–Kier alpha value is -2.21. The van der Waals surface area contributed by atoms with Crippen molar-refractivity contribution < 1.29 is 26.4 Å². The van der Waals surface area contributed by atoms with Crippen LogP contribution in [0.3, 0.4) is 0 Å². The quantitative estimate of drug-likeness (QED) is 0.385. The molecule has 0 spiro atoms. The van der Waals surface area contributed by atoms with E-state index in [4.69, 9.17) is 4.84 Å². The van der Waals surface area contributed by atoms with Gasteiger partial charge in [0.1, 0.15) is 0 Å². The summed E-state index contributed by atoms with van der Waals surface area (Å²) in [5, 5.41) is 3.72. The summed E-state index contributed by atoms with van der Waals surface area (Å²) in [4.78, 5) is 4.92. The molecule has 1 aromatic rings. The monoisotopic (exact) mass is 348 g/mol. The summed E-state index contributed by atoms with van der Waals surface area (Å²) in [7, 11) is -5.51. The third kappa shape index (κ3) is 5.49. The average Bonchev–Trinajstić information content (AvgIpc) is 2.46. The molecule has 5 nitrogen and oxygen atoms in total. The molecule has 0 radical (unpaired) electrons. The minimum atomic E-state index is -5.51. The number of oxime groups is 1. The second kappa shape index (κ2) is 7.87. The van der Waals surface area contributed by atoms with Gasteiger partial charge in [0.15, 0.2) is 6.61 Å². The first-order valence-corrected chi connectivity index (χ1v) is 7.98. The van der Waals surface area contributed by atoms with Crippen LogP contribution in [0.1, 0.15) is 25.8 Å². The van der Waals surface area contributed by atoms with Gasteiger partial charge in [0.05, 0.1) is 11.4 Å². The van der Waals surface area contributed by atoms with Crippen molar-refractivity contribution in [2.45, 2.75) is 25.8 Å². The topological polar surface area (TPSA) is 67.8 Å². The van der Waals surface area contributed by atoms with Crippen molar-refractivity contribution in [1.82, 2.24) is 0 Å². The number of para-hydroxylation sites is 1. The molecule has 126 valence electrons. The molecule has 0 unspecified atom stereocenters. The molecule has 0 aliphatic rings. The van der Waals surface area contributed by atoms with Gasteiger partial charge in [-0.2, -0.15) is 21.6 Å². The zero-order valence-electron chi connectivity index (χ0n) is 12.4. The molecule has 0 fully saturated rings. The van der Waals surface area contributed by atoms with Crippen LogP contribution in [0, 0.1) is 11.8 Å². The Bertz CT molecular complexity index is 732. The Morgan fingerprint density at radius 2 is 1.96 bits per heavy atom. The molecule has 1 N–H and O–H groups in total. The fourth-order valence-electron chi connectivity index (χ4n) is 1.48. The normalized spacial score (nSPS) is 12.3. The SMILES string of the molecule is CCC#CCO/N=C(\C)c1ccccc1NS(=O)(=O)C(F)(F)F. The van der Waals surface area contributed by atoms with Crippen LogP contribution in [0.15, 0.2) is 29.4 Å². The van der Waals surface area contributed by atoms with Crippen molar-refractivity contribution in [3.05, 3.63) is 29.8 Å². The van der Waals surface area contributed by atoms with Gasteiger partial charge in [-0.1, -0.05) is 42.1 Å². The minimum Gasteiger partial charge on any atom is -0.382 e. The van der Waals surface area contributed by atoms with E-state index in [1.807, 2.05) is 6.92 Å². The highest BCUT2D eigenvalue weighted by Crippen LogP contribution is 2.27. The highest BCUT2D eigenvalue weighted by molar-refractivity contribution is 7.93. The number of hydrogen-bond acceptors (Lipinski definition) is 4. The summed E-state index contributed by atoms with van der Waals surface area (Å²) in [5.41, 5.74) is -5.26. The Balaban J connectivity index is 3.00. The number of alkyl halides is 3. The number of halogens is 3. The summed E-state index contributed by atoms with van der Waals surface area (Å²) >= 11 is 0. The predicted molar refractivity (Wildman–Crippen MR) is 81.3 cm³/mol. The number of hydrogen-bond donors (Lipinski definition) is 1. The number of nitrogens with one attached hydrogen (secondary N) is 1. The molecule has 0 amide bonds. The molecule has 1 aromatic carbocycles. The van der Waals surface area contributed by atoms with Gasteiger partial charge in [0.2, 0.25) is 0 Å². The largest absolute Gasteiger partial charge is 0.516 e. The van der Waals surface area contributed by atoms with Gasteiger partial charge in [-0.3, -0.25) is 4.72 Å². The molecule has 9 heteroatoms. The number of nitrogens with zero attached hydrogens (tertiary/aromatic N) is 1. The molecule has 1 rings (SSSR count). The molecule has 0 saturated heterocycles. The molecule has 0 aliphatic carbocycles. The molecule has 0 bridgehead atoms. The Labute approximate surface area is 132 Å². The predicted octanol–water partition coefficient (Wildman–Crippen LogP) is 3.10. The highest BCUT2D eigenvalue weighted by Gasteiger charge is 2.46. The fraction of sp³-hybridized carbons (Fsp3) is 0.357. The van der Waals surface area contributed by atoms with Gasteiger partial charge < -0.3 is 4.84 Å². The van der Waals surface area contributed by atoms with Gasteiger partial charge in [-0.05, 0) is 13.0 Å². The van der Waals surface area contributed by atoms with Crippen molar-refractivity contribution in [3.8, 4) is 11.8 Å². The van der Waals surface area contributed by atoms with Crippen molar-refractivity contribution in [2.75, 3.05) is 11.3 Å². The molecule has 0 saturated carbocycles. The molecular formula is C14H15F3N2O3S. The molecule has 23 heavy (non-hydrogen) atoms. The lowest BCUT2D eigenvalue weighted by atomic mass is 10.1. The Kier molecular flexibility index (Phi) is 6.45. The fourth-order valence-corrected chi connectivity index (χ4v) is 2.06.